The molecule has 0 aliphatic carbocycles. The number of alkyl halides is 2. The highest BCUT2D eigenvalue weighted by molar-refractivity contribution is 5.72. The lowest BCUT2D eigenvalue weighted by atomic mass is 9.92. The lowest BCUT2D eigenvalue weighted by molar-refractivity contribution is -0.214. The lowest BCUT2D eigenvalue weighted by Gasteiger charge is -2.37. The molecule has 2 aromatic carbocycles. The van der Waals surface area contributed by atoms with E-state index in [0.29, 0.717) is 22.3 Å². The molecule has 0 aromatic heterocycles. The minimum absolute atomic E-state index is 0.199. The van der Waals surface area contributed by atoms with E-state index in [1.807, 2.05) is 0 Å². The fourth-order valence-electron chi connectivity index (χ4n) is 4.84. The number of halogens is 2. The number of aliphatic hydroxyl groups excluding tert-OH is 8. The summed E-state index contributed by atoms with van der Waals surface area (Å²) in [6.07, 6.45) is -13.9. The average Bonchev–Trinajstić information content (AvgIpc) is 3.01. The summed E-state index contributed by atoms with van der Waals surface area (Å²) >= 11 is 0. The Morgan fingerprint density at radius 2 is 0.952 bits per heavy atom. The van der Waals surface area contributed by atoms with Gasteiger partial charge in [0.15, 0.2) is 0 Å². The van der Waals surface area contributed by atoms with Gasteiger partial charge < -0.3 is 50.3 Å². The van der Waals surface area contributed by atoms with Crippen molar-refractivity contribution in [3.05, 3.63) is 58.7 Å². The Morgan fingerprint density at radius 1 is 0.571 bits per heavy atom. The standard InChI is InChI=1S/C30H32F2O10/c31-11-17-9-15(3-7-21-25(35)29(39)27(37)23(13-33)41-21)1-5-19(17)20-6-2-16(10-18(20)12-32)4-8-22-26(36)30(40)28(38)24(14-34)42-22/h1-2,5-6,9-10,21-30,33-40H,11-14H2/t21?,22?,23?,24?,25?,26?,27-,28-,29?,30?/m1/s1. The monoisotopic (exact) mass is 590 g/mol. The zero-order valence-corrected chi connectivity index (χ0v) is 22.2. The summed E-state index contributed by atoms with van der Waals surface area (Å²) in [7, 11) is 0. The quantitative estimate of drug-likeness (QED) is 0.195. The van der Waals surface area contributed by atoms with Gasteiger partial charge in [0, 0.05) is 11.1 Å². The van der Waals surface area contributed by atoms with Crippen molar-refractivity contribution in [1.29, 1.82) is 0 Å². The zero-order valence-electron chi connectivity index (χ0n) is 22.2. The Hall–Kier alpha value is -2.98. The van der Waals surface area contributed by atoms with Crippen LogP contribution in [0.3, 0.4) is 0 Å². The van der Waals surface area contributed by atoms with Crippen LogP contribution in [0.5, 0.6) is 0 Å². The van der Waals surface area contributed by atoms with Gasteiger partial charge in [-0.05, 0) is 46.5 Å². The van der Waals surface area contributed by atoms with Crippen LogP contribution >= 0.6 is 0 Å². The molecule has 10 nitrogen and oxygen atoms in total. The summed E-state index contributed by atoms with van der Waals surface area (Å²) in [5.41, 5.74) is 1.88. The molecule has 0 saturated carbocycles. The van der Waals surface area contributed by atoms with Crippen LogP contribution in [0.4, 0.5) is 8.78 Å². The number of benzene rings is 2. The third kappa shape index (κ3) is 6.64. The van der Waals surface area contributed by atoms with Gasteiger partial charge in [0.2, 0.25) is 0 Å². The molecular weight excluding hydrogens is 558 g/mol. The first-order chi connectivity index (χ1) is 20.1. The molecule has 2 fully saturated rings. The second-order valence-electron chi connectivity index (χ2n) is 10.0. The molecule has 0 amide bonds. The molecule has 2 aromatic rings. The van der Waals surface area contributed by atoms with E-state index in [9.17, 15) is 49.6 Å². The van der Waals surface area contributed by atoms with Gasteiger partial charge in [0.05, 0.1) is 13.2 Å². The minimum atomic E-state index is -1.58. The van der Waals surface area contributed by atoms with Gasteiger partial charge in [-0.15, -0.1) is 0 Å². The second kappa shape index (κ2) is 14.0. The molecule has 2 heterocycles. The Kier molecular flexibility index (Phi) is 10.6. The summed E-state index contributed by atoms with van der Waals surface area (Å²) in [5, 5.41) is 78.7. The smallest absolute Gasteiger partial charge is 0.147 e. The van der Waals surface area contributed by atoms with Gasteiger partial charge in [-0.2, -0.15) is 0 Å². The fraction of sp³-hybridized carbons (Fsp3) is 0.467. The highest BCUT2D eigenvalue weighted by Crippen LogP contribution is 2.30. The van der Waals surface area contributed by atoms with E-state index in [4.69, 9.17) is 9.47 Å². The fourth-order valence-corrected chi connectivity index (χ4v) is 4.84. The first-order valence-electron chi connectivity index (χ1n) is 13.2. The van der Waals surface area contributed by atoms with E-state index < -0.39 is 87.6 Å². The van der Waals surface area contributed by atoms with E-state index >= 15 is 0 Å². The van der Waals surface area contributed by atoms with Crippen LogP contribution in [0.2, 0.25) is 0 Å². The molecule has 0 bridgehead atoms. The number of ether oxygens (including phenoxy) is 2. The molecule has 4 rings (SSSR count). The van der Waals surface area contributed by atoms with Crippen molar-refractivity contribution in [2.24, 2.45) is 0 Å². The molecule has 10 atom stereocenters. The Morgan fingerprint density at radius 3 is 1.29 bits per heavy atom. The molecule has 12 heteroatoms. The van der Waals surface area contributed by atoms with Crippen molar-refractivity contribution >= 4 is 0 Å². The summed E-state index contributed by atoms with van der Waals surface area (Å²) in [6, 6.07) is 9.11. The predicted molar refractivity (Wildman–Crippen MR) is 143 cm³/mol. The van der Waals surface area contributed by atoms with Crippen molar-refractivity contribution in [2.75, 3.05) is 13.2 Å². The van der Waals surface area contributed by atoms with Gasteiger partial charge >= 0.3 is 0 Å². The van der Waals surface area contributed by atoms with Gasteiger partial charge in [0.25, 0.3) is 0 Å². The number of rotatable bonds is 5. The molecule has 42 heavy (non-hydrogen) atoms. The Labute approximate surface area is 240 Å². The zero-order chi connectivity index (χ0) is 30.6. The number of aliphatic hydroxyl groups is 8. The predicted octanol–water partition coefficient (Wildman–Crippen LogP) is -1.32. The molecule has 2 aliphatic heterocycles. The maximum atomic E-state index is 14.1. The highest BCUT2D eigenvalue weighted by atomic mass is 19.1. The van der Waals surface area contributed by atoms with Crippen LogP contribution in [-0.2, 0) is 22.8 Å². The molecule has 2 saturated heterocycles. The molecule has 226 valence electrons. The van der Waals surface area contributed by atoms with Crippen molar-refractivity contribution in [1.82, 2.24) is 0 Å². The maximum Gasteiger partial charge on any atom is 0.147 e. The van der Waals surface area contributed by atoms with Crippen LogP contribution in [0.25, 0.3) is 11.1 Å². The number of hydrogen-bond donors (Lipinski definition) is 8. The summed E-state index contributed by atoms with van der Waals surface area (Å²) in [6.45, 7) is -3.01. The summed E-state index contributed by atoms with van der Waals surface area (Å²) in [4.78, 5) is 0. The van der Waals surface area contributed by atoms with E-state index in [-0.39, 0.29) is 11.1 Å². The van der Waals surface area contributed by atoms with E-state index in [1.165, 1.54) is 12.1 Å². The van der Waals surface area contributed by atoms with Gasteiger partial charge in [-0.3, -0.25) is 0 Å². The third-order valence-electron chi connectivity index (χ3n) is 7.29. The largest absolute Gasteiger partial charge is 0.394 e. The van der Waals surface area contributed by atoms with Crippen LogP contribution < -0.4 is 0 Å². The maximum absolute atomic E-state index is 14.1. The summed E-state index contributed by atoms with van der Waals surface area (Å²) < 4.78 is 38.9. The van der Waals surface area contributed by atoms with Gasteiger partial charge in [0.1, 0.15) is 74.4 Å². The minimum Gasteiger partial charge on any atom is -0.394 e. The highest BCUT2D eigenvalue weighted by Gasteiger charge is 2.43. The summed E-state index contributed by atoms with van der Waals surface area (Å²) in [5.74, 6) is 10.7. The number of hydrogen-bond acceptors (Lipinski definition) is 10. The van der Waals surface area contributed by atoms with Crippen molar-refractivity contribution in [3.8, 4) is 34.8 Å². The van der Waals surface area contributed by atoms with Gasteiger partial charge in [-0.25, -0.2) is 8.78 Å². The SMILES string of the molecule is OCC1OC(C#Cc2ccc(-c3ccc(C#CC4OC(CO)[C@@H](O)C(O)C4O)cc3CF)c(CF)c2)C(O)C(O)[C@@H]1O. The average molecular weight is 591 g/mol. The van der Waals surface area contributed by atoms with E-state index in [0.717, 1.165) is 0 Å². The Balaban J connectivity index is 1.56. The molecule has 2 aliphatic rings. The first-order valence-corrected chi connectivity index (χ1v) is 13.2. The van der Waals surface area contributed by atoms with E-state index in [1.54, 1.807) is 24.3 Å². The van der Waals surface area contributed by atoms with E-state index in [2.05, 4.69) is 23.7 Å². The Bertz CT molecular complexity index is 1260. The van der Waals surface area contributed by atoms with Crippen LogP contribution in [-0.4, -0.2) is 115 Å². The topological polar surface area (TPSA) is 180 Å². The van der Waals surface area contributed by atoms with Gasteiger partial charge in [-0.1, -0.05) is 35.8 Å². The van der Waals surface area contributed by atoms with Crippen molar-refractivity contribution in [3.63, 3.8) is 0 Å². The van der Waals surface area contributed by atoms with Crippen LogP contribution in [0.15, 0.2) is 36.4 Å². The molecule has 8 unspecified atom stereocenters. The van der Waals surface area contributed by atoms with Crippen molar-refractivity contribution in [2.45, 2.75) is 74.4 Å². The molecule has 0 radical (unpaired) electrons. The van der Waals surface area contributed by atoms with Crippen LogP contribution in [0, 0.1) is 23.7 Å². The third-order valence-corrected chi connectivity index (χ3v) is 7.29. The molecular formula is C30H32F2O10. The lowest BCUT2D eigenvalue weighted by Crippen LogP contribution is -2.58. The van der Waals surface area contributed by atoms with Crippen molar-refractivity contribution < 1.29 is 59.1 Å². The molecule has 0 spiro atoms. The first kappa shape index (κ1) is 31.9. The molecule has 8 N–H and O–H groups in total. The normalized spacial score (nSPS) is 32.8. The second-order valence-corrected chi connectivity index (χ2v) is 10.0. The van der Waals surface area contributed by atoms with Crippen LogP contribution in [0.1, 0.15) is 22.3 Å².